The molecule has 0 atom stereocenters. The van der Waals surface area contributed by atoms with Crippen LogP contribution in [-0.4, -0.2) is 50.6 Å². The van der Waals surface area contributed by atoms with E-state index in [4.69, 9.17) is 25.4 Å². The summed E-state index contributed by atoms with van der Waals surface area (Å²) >= 11 is 0. The number of nitrogens with one attached hydrogen (secondary N) is 1. The summed E-state index contributed by atoms with van der Waals surface area (Å²) in [6.07, 6.45) is 6.85. The van der Waals surface area contributed by atoms with Crippen LogP contribution in [0, 0.1) is 18.2 Å². The summed E-state index contributed by atoms with van der Waals surface area (Å²) < 4.78 is 35.4. The van der Waals surface area contributed by atoms with Crippen molar-refractivity contribution in [3.8, 4) is 23.8 Å². The molecule has 0 aliphatic rings. The van der Waals surface area contributed by atoms with Gasteiger partial charge in [0.1, 0.15) is 42.7 Å². The van der Waals surface area contributed by atoms with Gasteiger partial charge in [0.05, 0.1) is 30.0 Å². The number of ether oxygens (including phenoxy) is 4. The van der Waals surface area contributed by atoms with Crippen LogP contribution in [0.3, 0.4) is 0 Å². The Morgan fingerprint density at radius 3 is 2.50 bits per heavy atom. The van der Waals surface area contributed by atoms with Crippen LogP contribution in [0.25, 0.3) is 10.9 Å². The van der Waals surface area contributed by atoms with E-state index in [1.54, 1.807) is 14.2 Å². The molecule has 30 heavy (non-hydrogen) atoms. The van der Waals surface area contributed by atoms with E-state index in [2.05, 4.69) is 21.2 Å². The molecule has 0 aliphatic carbocycles. The maximum Gasteiger partial charge on any atom is 0.145 e. The van der Waals surface area contributed by atoms with Gasteiger partial charge in [-0.05, 0) is 18.2 Å². The van der Waals surface area contributed by atoms with Crippen LogP contribution in [0.1, 0.15) is 5.56 Å². The van der Waals surface area contributed by atoms with Gasteiger partial charge in [-0.15, -0.1) is 6.42 Å². The zero-order chi connectivity index (χ0) is 21.3. The van der Waals surface area contributed by atoms with Crippen molar-refractivity contribution in [1.29, 1.82) is 0 Å². The Labute approximate surface area is 174 Å². The second kappa shape index (κ2) is 10.4. The molecule has 0 aliphatic heterocycles. The molecule has 0 spiro atoms. The number of hydrogen-bond donors (Lipinski definition) is 1. The van der Waals surface area contributed by atoms with Gasteiger partial charge >= 0.3 is 0 Å². The van der Waals surface area contributed by atoms with Crippen LogP contribution in [0.5, 0.6) is 11.5 Å². The molecule has 3 aromatic rings. The number of rotatable bonds is 10. The number of aromatic nitrogens is 2. The van der Waals surface area contributed by atoms with Gasteiger partial charge in [-0.3, -0.25) is 0 Å². The molecule has 0 saturated heterocycles. The summed E-state index contributed by atoms with van der Waals surface area (Å²) in [7, 11) is 3.17. The minimum Gasteiger partial charge on any atom is -0.491 e. The second-order valence-corrected chi connectivity index (χ2v) is 6.18. The molecular formula is C22H22FN3O4. The lowest BCUT2D eigenvalue weighted by Gasteiger charge is -2.15. The van der Waals surface area contributed by atoms with E-state index in [9.17, 15) is 4.39 Å². The quantitative estimate of drug-likeness (QED) is 0.404. The third-order valence-electron chi connectivity index (χ3n) is 4.19. The second-order valence-electron chi connectivity index (χ2n) is 6.18. The molecule has 0 saturated carbocycles. The number of fused-ring (bicyclic) bond motifs is 1. The van der Waals surface area contributed by atoms with Crippen LogP contribution in [0.4, 0.5) is 15.9 Å². The Bertz CT molecular complexity index is 1050. The molecule has 3 rings (SSSR count). The topological polar surface area (TPSA) is 74.7 Å². The number of methoxy groups -OCH3 is 2. The minimum absolute atomic E-state index is 0.115. The summed E-state index contributed by atoms with van der Waals surface area (Å²) in [6, 6.07) is 8.23. The van der Waals surface area contributed by atoms with E-state index in [1.807, 2.05) is 18.2 Å². The smallest absolute Gasteiger partial charge is 0.145 e. The van der Waals surface area contributed by atoms with Gasteiger partial charge in [0.2, 0.25) is 0 Å². The van der Waals surface area contributed by atoms with Crippen LogP contribution >= 0.6 is 0 Å². The highest BCUT2D eigenvalue weighted by Crippen LogP contribution is 2.33. The van der Waals surface area contributed by atoms with Crippen molar-refractivity contribution < 1.29 is 23.3 Å². The third kappa shape index (κ3) is 5.14. The van der Waals surface area contributed by atoms with E-state index in [0.717, 1.165) is 5.39 Å². The predicted octanol–water partition coefficient (Wildman–Crippen LogP) is 3.54. The fourth-order valence-corrected chi connectivity index (χ4v) is 2.71. The number of benzene rings is 2. The lowest BCUT2D eigenvalue weighted by molar-refractivity contribution is 0.146. The largest absolute Gasteiger partial charge is 0.491 e. The van der Waals surface area contributed by atoms with Gasteiger partial charge in [0.15, 0.2) is 0 Å². The number of hydrogen-bond acceptors (Lipinski definition) is 7. The normalized spacial score (nSPS) is 10.6. The van der Waals surface area contributed by atoms with Crippen molar-refractivity contribution in [1.82, 2.24) is 9.97 Å². The average Bonchev–Trinajstić information content (AvgIpc) is 2.75. The molecule has 0 bridgehead atoms. The molecule has 1 aromatic heterocycles. The number of nitrogens with zero attached hydrogens (tertiary/aromatic N) is 2. The monoisotopic (exact) mass is 411 g/mol. The predicted molar refractivity (Wildman–Crippen MR) is 112 cm³/mol. The van der Waals surface area contributed by atoms with E-state index >= 15 is 0 Å². The lowest BCUT2D eigenvalue weighted by Crippen LogP contribution is -2.07. The summed E-state index contributed by atoms with van der Waals surface area (Å²) in [5.74, 6) is 3.28. The van der Waals surface area contributed by atoms with Gasteiger partial charge in [0.25, 0.3) is 0 Å². The molecule has 2 aromatic carbocycles. The summed E-state index contributed by atoms with van der Waals surface area (Å²) in [5, 5.41) is 3.93. The fraction of sp³-hybridized carbons (Fsp3) is 0.273. The van der Waals surface area contributed by atoms with E-state index in [-0.39, 0.29) is 12.2 Å². The molecule has 0 amide bonds. The third-order valence-corrected chi connectivity index (χ3v) is 4.19. The summed E-state index contributed by atoms with van der Waals surface area (Å²) in [5.41, 5.74) is 1.29. The van der Waals surface area contributed by atoms with Crippen LogP contribution in [-0.2, 0) is 9.47 Å². The Morgan fingerprint density at radius 1 is 1.00 bits per heavy atom. The highest BCUT2D eigenvalue weighted by Gasteiger charge is 2.13. The molecule has 7 nitrogen and oxygen atoms in total. The first kappa shape index (κ1) is 21.3. The Kier molecular flexibility index (Phi) is 7.38. The summed E-state index contributed by atoms with van der Waals surface area (Å²) in [6.45, 7) is 1.54. The van der Waals surface area contributed by atoms with Gasteiger partial charge in [-0.1, -0.05) is 5.92 Å². The minimum atomic E-state index is -0.541. The average molecular weight is 411 g/mol. The highest BCUT2D eigenvalue weighted by molar-refractivity contribution is 5.92. The first-order valence-electron chi connectivity index (χ1n) is 9.21. The number of halogens is 1. The Hall–Kier alpha value is -3.41. The van der Waals surface area contributed by atoms with E-state index in [0.29, 0.717) is 48.3 Å². The Morgan fingerprint density at radius 2 is 1.77 bits per heavy atom. The van der Waals surface area contributed by atoms with Crippen molar-refractivity contribution in [2.45, 2.75) is 0 Å². The van der Waals surface area contributed by atoms with Crippen molar-refractivity contribution in [2.75, 3.05) is 46.0 Å². The van der Waals surface area contributed by atoms with Crippen molar-refractivity contribution >= 4 is 22.4 Å². The molecule has 8 heteroatoms. The van der Waals surface area contributed by atoms with Crippen LogP contribution in [0.2, 0.25) is 0 Å². The first-order valence-corrected chi connectivity index (χ1v) is 9.21. The van der Waals surface area contributed by atoms with Crippen molar-refractivity contribution in [3.05, 3.63) is 48.0 Å². The highest BCUT2D eigenvalue weighted by atomic mass is 19.1. The lowest BCUT2D eigenvalue weighted by atomic mass is 10.1. The molecule has 1 N–H and O–H groups in total. The summed E-state index contributed by atoms with van der Waals surface area (Å²) in [4.78, 5) is 8.61. The molecule has 0 fully saturated rings. The molecule has 1 heterocycles. The SMILES string of the molecule is C#Cc1cc(Nc2ncnc3cc(OCCOC)ccc23)c(OCCOC)cc1F. The standard InChI is InChI=1S/C22H22FN3O4/c1-4-15-11-20(21(13-18(15)23)30-10-8-28-3)26-22-17-6-5-16(29-9-7-27-2)12-19(17)24-14-25-22/h1,5-6,11-14H,7-10H2,2-3H3,(H,24,25,26). The Balaban J connectivity index is 1.92. The molecular weight excluding hydrogens is 389 g/mol. The van der Waals surface area contributed by atoms with Crippen molar-refractivity contribution in [3.63, 3.8) is 0 Å². The van der Waals surface area contributed by atoms with Crippen LogP contribution in [0.15, 0.2) is 36.7 Å². The van der Waals surface area contributed by atoms with Crippen LogP contribution < -0.4 is 14.8 Å². The number of anilines is 2. The zero-order valence-corrected chi connectivity index (χ0v) is 16.8. The van der Waals surface area contributed by atoms with E-state index < -0.39 is 5.82 Å². The van der Waals surface area contributed by atoms with Gasteiger partial charge < -0.3 is 24.3 Å². The first-order chi connectivity index (χ1) is 14.7. The fourth-order valence-electron chi connectivity index (χ4n) is 2.71. The maximum atomic E-state index is 14.2. The molecule has 156 valence electrons. The number of terminal acetylenes is 1. The van der Waals surface area contributed by atoms with E-state index in [1.165, 1.54) is 18.5 Å². The van der Waals surface area contributed by atoms with Gasteiger partial charge in [-0.25, -0.2) is 14.4 Å². The van der Waals surface area contributed by atoms with Gasteiger partial charge in [-0.2, -0.15) is 0 Å². The zero-order valence-electron chi connectivity index (χ0n) is 16.8. The van der Waals surface area contributed by atoms with Gasteiger partial charge in [0, 0.05) is 31.7 Å². The molecule has 0 radical (unpaired) electrons. The van der Waals surface area contributed by atoms with Crippen molar-refractivity contribution in [2.24, 2.45) is 0 Å². The maximum absolute atomic E-state index is 14.2. The molecule has 0 unspecified atom stereocenters.